The Hall–Kier alpha value is -0.910. The van der Waals surface area contributed by atoms with E-state index in [4.69, 9.17) is 12.2 Å². The molecule has 0 radical (unpaired) electrons. The van der Waals surface area contributed by atoms with Crippen LogP contribution in [0, 0.1) is 12.3 Å². The van der Waals surface area contributed by atoms with Gasteiger partial charge in [-0.05, 0) is 30.4 Å². The number of thioether (sulfide) groups is 1. The van der Waals surface area contributed by atoms with Crippen molar-refractivity contribution < 1.29 is 0 Å². The molecule has 1 rings (SSSR count). The van der Waals surface area contributed by atoms with Crippen LogP contribution in [0.4, 0.5) is 0 Å². The quantitative estimate of drug-likeness (QED) is 0.604. The van der Waals surface area contributed by atoms with Gasteiger partial charge in [0.05, 0.1) is 0 Å². The van der Waals surface area contributed by atoms with Crippen LogP contribution in [-0.4, -0.2) is 6.26 Å². The third-order valence-corrected chi connectivity index (χ3v) is 2.89. The van der Waals surface area contributed by atoms with Crippen LogP contribution in [0.5, 0.6) is 0 Å². The van der Waals surface area contributed by atoms with E-state index in [0.717, 1.165) is 18.4 Å². The number of hydrogen-bond donors (Lipinski definition) is 1. The van der Waals surface area contributed by atoms with Gasteiger partial charge in [-0.3, -0.25) is 0 Å². The minimum absolute atomic E-state index is 0.0713. The molecule has 0 heterocycles. The highest BCUT2D eigenvalue weighted by molar-refractivity contribution is 7.98. The van der Waals surface area contributed by atoms with Crippen LogP contribution in [0.2, 0.25) is 0 Å². The van der Waals surface area contributed by atoms with Gasteiger partial charge in [0.15, 0.2) is 0 Å². The van der Waals surface area contributed by atoms with Crippen LogP contribution in [0.3, 0.4) is 0 Å². The topological polar surface area (TPSA) is 26.0 Å². The highest BCUT2D eigenvalue weighted by atomic mass is 32.2. The van der Waals surface area contributed by atoms with E-state index >= 15 is 0 Å². The van der Waals surface area contributed by atoms with Crippen molar-refractivity contribution in [3.8, 4) is 12.3 Å². The van der Waals surface area contributed by atoms with Gasteiger partial charge in [-0.25, -0.2) is 0 Å². The lowest BCUT2D eigenvalue weighted by atomic mass is 10.0. The first-order valence-electron chi connectivity index (χ1n) is 4.61. The molecule has 74 valence electrons. The van der Waals surface area contributed by atoms with Crippen molar-refractivity contribution in [1.29, 1.82) is 0 Å². The molecule has 2 N–H and O–H groups in total. The summed E-state index contributed by atoms with van der Waals surface area (Å²) in [6, 6.07) is 8.41. The molecule has 1 aromatic carbocycles. The van der Waals surface area contributed by atoms with Gasteiger partial charge in [-0.1, -0.05) is 12.1 Å². The average molecular weight is 205 g/mol. The summed E-state index contributed by atoms with van der Waals surface area (Å²) in [5, 5.41) is 0. The number of nitrogens with two attached hydrogens (primary N) is 1. The summed E-state index contributed by atoms with van der Waals surface area (Å²) in [5.41, 5.74) is 7.14. The first-order valence-corrected chi connectivity index (χ1v) is 5.83. The monoisotopic (exact) mass is 205 g/mol. The van der Waals surface area contributed by atoms with Crippen LogP contribution < -0.4 is 5.73 Å². The van der Waals surface area contributed by atoms with E-state index in [2.05, 4.69) is 36.4 Å². The van der Waals surface area contributed by atoms with E-state index < -0.39 is 0 Å². The Labute approximate surface area is 90.1 Å². The molecule has 1 nitrogen and oxygen atoms in total. The first kappa shape index (κ1) is 11.2. The second kappa shape index (κ2) is 5.74. The summed E-state index contributed by atoms with van der Waals surface area (Å²) in [5.74, 6) is 2.61. The molecule has 0 aliphatic heterocycles. The van der Waals surface area contributed by atoms with Gasteiger partial charge in [0.2, 0.25) is 0 Å². The summed E-state index contributed by atoms with van der Waals surface area (Å²) < 4.78 is 0. The highest BCUT2D eigenvalue weighted by Crippen LogP contribution is 2.20. The molecule has 0 aromatic heterocycles. The maximum atomic E-state index is 5.97. The Morgan fingerprint density at radius 3 is 2.57 bits per heavy atom. The molecule has 0 saturated heterocycles. The molecule has 2 heteroatoms. The molecule has 0 bridgehead atoms. The standard InChI is InChI=1S/C12H15NS/c1-3-4-5-12(13)10-6-8-11(14-2)9-7-10/h1,6-9,12H,4-5,13H2,2H3. The normalized spacial score (nSPS) is 12.1. The summed E-state index contributed by atoms with van der Waals surface area (Å²) >= 11 is 1.73. The Morgan fingerprint density at radius 2 is 2.07 bits per heavy atom. The van der Waals surface area contributed by atoms with Gasteiger partial charge in [0.1, 0.15) is 0 Å². The fourth-order valence-corrected chi connectivity index (χ4v) is 1.66. The van der Waals surface area contributed by atoms with Crippen molar-refractivity contribution in [2.24, 2.45) is 5.73 Å². The zero-order valence-electron chi connectivity index (χ0n) is 8.36. The van der Waals surface area contributed by atoms with Gasteiger partial charge >= 0.3 is 0 Å². The van der Waals surface area contributed by atoms with Gasteiger partial charge in [0.25, 0.3) is 0 Å². The second-order valence-corrected chi connectivity index (χ2v) is 4.00. The van der Waals surface area contributed by atoms with E-state index in [9.17, 15) is 0 Å². The van der Waals surface area contributed by atoms with Gasteiger partial charge in [-0.15, -0.1) is 24.1 Å². The largest absolute Gasteiger partial charge is 0.324 e. The molecule has 1 aromatic rings. The van der Waals surface area contributed by atoms with Crippen LogP contribution in [0.15, 0.2) is 29.2 Å². The third kappa shape index (κ3) is 3.10. The van der Waals surface area contributed by atoms with Crippen molar-refractivity contribution in [2.75, 3.05) is 6.26 Å². The predicted molar refractivity (Wildman–Crippen MR) is 63.2 cm³/mol. The SMILES string of the molecule is C#CCCC(N)c1ccc(SC)cc1. The van der Waals surface area contributed by atoms with E-state index in [1.54, 1.807) is 11.8 Å². The van der Waals surface area contributed by atoms with Gasteiger partial charge < -0.3 is 5.73 Å². The van der Waals surface area contributed by atoms with Crippen molar-refractivity contribution in [3.63, 3.8) is 0 Å². The number of rotatable bonds is 4. The molecule has 0 amide bonds. The van der Waals surface area contributed by atoms with Crippen molar-refractivity contribution >= 4 is 11.8 Å². The molecular weight excluding hydrogens is 190 g/mol. The third-order valence-electron chi connectivity index (χ3n) is 2.14. The van der Waals surface area contributed by atoms with E-state index in [0.29, 0.717) is 0 Å². The fourth-order valence-electron chi connectivity index (χ4n) is 1.26. The van der Waals surface area contributed by atoms with Crippen LogP contribution >= 0.6 is 11.8 Å². The number of benzene rings is 1. The molecule has 0 spiro atoms. The molecule has 0 fully saturated rings. The van der Waals surface area contributed by atoms with Crippen LogP contribution in [0.25, 0.3) is 0 Å². The molecule has 0 saturated carbocycles. The lowest BCUT2D eigenvalue weighted by Gasteiger charge is -2.10. The van der Waals surface area contributed by atoms with Gasteiger partial charge in [0, 0.05) is 17.4 Å². The second-order valence-electron chi connectivity index (χ2n) is 3.12. The zero-order valence-corrected chi connectivity index (χ0v) is 9.18. The number of hydrogen-bond acceptors (Lipinski definition) is 2. The number of terminal acetylenes is 1. The van der Waals surface area contributed by atoms with Crippen LogP contribution in [-0.2, 0) is 0 Å². The van der Waals surface area contributed by atoms with Crippen molar-refractivity contribution in [3.05, 3.63) is 29.8 Å². The molecule has 1 unspecified atom stereocenters. The summed E-state index contributed by atoms with van der Waals surface area (Å²) in [7, 11) is 0. The average Bonchev–Trinajstić information content (AvgIpc) is 2.26. The smallest absolute Gasteiger partial charge is 0.0303 e. The summed E-state index contributed by atoms with van der Waals surface area (Å²) in [4.78, 5) is 1.26. The molecule has 1 atom stereocenters. The van der Waals surface area contributed by atoms with Gasteiger partial charge in [-0.2, -0.15) is 0 Å². The first-order chi connectivity index (χ1) is 6.77. The molecular formula is C12H15NS. The van der Waals surface area contributed by atoms with Crippen molar-refractivity contribution in [2.45, 2.75) is 23.8 Å². The lowest BCUT2D eigenvalue weighted by Crippen LogP contribution is -2.09. The molecule has 14 heavy (non-hydrogen) atoms. The fraction of sp³-hybridized carbons (Fsp3) is 0.333. The highest BCUT2D eigenvalue weighted by Gasteiger charge is 2.04. The Morgan fingerprint density at radius 1 is 1.43 bits per heavy atom. The van der Waals surface area contributed by atoms with E-state index in [1.807, 2.05) is 0 Å². The Balaban J connectivity index is 2.62. The van der Waals surface area contributed by atoms with Crippen LogP contribution in [0.1, 0.15) is 24.4 Å². The predicted octanol–water partition coefficient (Wildman–Crippen LogP) is 2.82. The molecule has 0 aliphatic carbocycles. The van der Waals surface area contributed by atoms with Crippen molar-refractivity contribution in [1.82, 2.24) is 0 Å². The maximum absolute atomic E-state index is 5.97. The van der Waals surface area contributed by atoms with E-state index in [1.165, 1.54) is 4.90 Å². The minimum atomic E-state index is 0.0713. The Kier molecular flexibility index (Phi) is 4.58. The minimum Gasteiger partial charge on any atom is -0.324 e. The Bertz CT molecular complexity index is 310. The zero-order chi connectivity index (χ0) is 10.4. The lowest BCUT2D eigenvalue weighted by molar-refractivity contribution is 0.667. The molecule has 0 aliphatic rings. The van der Waals surface area contributed by atoms with E-state index in [-0.39, 0.29) is 6.04 Å². The summed E-state index contributed by atoms with van der Waals surface area (Å²) in [6.07, 6.45) is 8.85. The maximum Gasteiger partial charge on any atom is 0.0303 e. The summed E-state index contributed by atoms with van der Waals surface area (Å²) in [6.45, 7) is 0.